The fraction of sp³-hybridized carbons (Fsp3) is 0.560. The first-order chi connectivity index (χ1) is 16.9. The second kappa shape index (κ2) is 9.63. The second-order valence-electron chi connectivity index (χ2n) is 9.89. The van der Waals surface area contributed by atoms with Gasteiger partial charge in [0.25, 0.3) is 5.56 Å². The zero-order valence-electron chi connectivity index (χ0n) is 20.8. The topological polar surface area (TPSA) is 74.4 Å². The largest absolute Gasteiger partial charge is 0.488 e. The molecule has 1 spiro atoms. The SMILES string of the molecule is CC.Cn1nc(-c2nn(PI)c3ccc(OC4(C)CC4)cc23)cc(N2CCOCC3(CC3)C2)c1=O. The molecule has 0 N–H and O–H groups in total. The van der Waals surface area contributed by atoms with Gasteiger partial charge in [-0.05, 0) is 78.9 Å². The summed E-state index contributed by atoms with van der Waals surface area (Å²) in [5, 5.41) is 10.5. The Morgan fingerprint density at radius 3 is 2.60 bits per heavy atom. The average Bonchev–Trinajstić information content (AvgIpc) is 3.78. The number of rotatable bonds is 5. The van der Waals surface area contributed by atoms with Crippen LogP contribution in [-0.4, -0.2) is 51.2 Å². The first-order valence-electron chi connectivity index (χ1n) is 12.4. The van der Waals surface area contributed by atoms with Crippen molar-refractivity contribution in [2.24, 2.45) is 12.5 Å². The molecule has 35 heavy (non-hydrogen) atoms. The number of aryl methyl sites for hydroxylation is 1. The van der Waals surface area contributed by atoms with E-state index in [9.17, 15) is 4.79 Å². The van der Waals surface area contributed by atoms with Crippen LogP contribution in [0.15, 0.2) is 29.1 Å². The molecule has 10 heteroatoms. The highest BCUT2D eigenvalue weighted by Gasteiger charge is 2.46. The Morgan fingerprint density at radius 1 is 1.14 bits per heavy atom. The van der Waals surface area contributed by atoms with E-state index in [1.165, 1.54) is 4.68 Å². The van der Waals surface area contributed by atoms with Crippen LogP contribution < -0.4 is 15.2 Å². The van der Waals surface area contributed by atoms with Crippen molar-refractivity contribution < 1.29 is 9.47 Å². The molecule has 0 radical (unpaired) electrons. The lowest BCUT2D eigenvalue weighted by Crippen LogP contribution is -2.37. The van der Waals surface area contributed by atoms with Gasteiger partial charge in [0.1, 0.15) is 28.4 Å². The molecule has 8 nitrogen and oxygen atoms in total. The lowest BCUT2D eigenvalue weighted by Gasteiger charge is -2.25. The number of halogens is 1. The minimum atomic E-state index is -0.0818. The fourth-order valence-electron chi connectivity index (χ4n) is 4.59. The van der Waals surface area contributed by atoms with Crippen LogP contribution in [0.1, 0.15) is 46.5 Å². The van der Waals surface area contributed by atoms with Crippen molar-refractivity contribution >= 4 is 45.0 Å². The highest BCUT2D eigenvalue weighted by Crippen LogP contribution is 2.48. The molecular formula is C25H33IN5O3P. The molecule has 1 unspecified atom stereocenters. The van der Waals surface area contributed by atoms with Crippen LogP contribution in [0.25, 0.3) is 22.3 Å². The van der Waals surface area contributed by atoms with Crippen molar-refractivity contribution in [2.45, 2.75) is 52.1 Å². The Hall–Kier alpha value is -1.71. The molecule has 3 aliphatic rings. The van der Waals surface area contributed by atoms with Gasteiger partial charge in [0.05, 0.1) is 25.1 Å². The van der Waals surface area contributed by atoms with Crippen LogP contribution in [0.4, 0.5) is 5.69 Å². The maximum atomic E-state index is 13.1. The van der Waals surface area contributed by atoms with E-state index in [1.54, 1.807) is 7.05 Å². The van der Waals surface area contributed by atoms with E-state index >= 15 is 0 Å². The molecule has 3 heterocycles. The van der Waals surface area contributed by atoms with E-state index in [1.807, 2.05) is 30.4 Å². The summed E-state index contributed by atoms with van der Waals surface area (Å²) >= 11 is 2.34. The van der Waals surface area contributed by atoms with E-state index in [0.717, 1.165) is 61.2 Å². The number of ether oxygens (including phenoxy) is 2. The molecule has 6 rings (SSSR count). The third-order valence-electron chi connectivity index (χ3n) is 7.07. The Morgan fingerprint density at radius 2 is 1.91 bits per heavy atom. The molecule has 1 atom stereocenters. The van der Waals surface area contributed by atoms with E-state index < -0.39 is 0 Å². The maximum Gasteiger partial charge on any atom is 0.290 e. The average molecular weight is 609 g/mol. The summed E-state index contributed by atoms with van der Waals surface area (Å²) in [6.07, 6.45) is 4.94. The number of hydrogen-bond acceptors (Lipinski definition) is 6. The maximum absolute atomic E-state index is 13.1. The summed E-state index contributed by atoms with van der Waals surface area (Å²) in [7, 11) is 1.72. The van der Waals surface area contributed by atoms with Crippen LogP contribution in [-0.2, 0) is 11.8 Å². The van der Waals surface area contributed by atoms with E-state index in [-0.39, 0.29) is 16.6 Å². The molecule has 188 valence electrons. The van der Waals surface area contributed by atoms with Gasteiger partial charge >= 0.3 is 0 Å². The summed E-state index contributed by atoms with van der Waals surface area (Å²) in [4.78, 5) is 15.3. The van der Waals surface area contributed by atoms with Crippen molar-refractivity contribution in [3.63, 3.8) is 0 Å². The quantitative estimate of drug-likeness (QED) is 0.294. The van der Waals surface area contributed by atoms with Crippen molar-refractivity contribution in [3.8, 4) is 17.1 Å². The standard InChI is InChI=1S/C23H27IN5O3P.C2H6/c1-22(5-6-22)32-15-3-4-18-16(11-15)20(26-29(18)33-24)17-12-19(21(30)27(2)25-17)28-9-10-31-14-23(13-28)7-8-23;1-2/h3-4,11-12,33H,5-10,13-14H2,1-2H3;1-2H3. The highest BCUT2D eigenvalue weighted by atomic mass is 127. The Balaban J connectivity index is 0.00000124. The predicted molar refractivity (Wildman–Crippen MR) is 150 cm³/mol. The number of fused-ring (bicyclic) bond motifs is 1. The number of hydrogen-bond donors (Lipinski definition) is 0. The minimum Gasteiger partial charge on any atom is -0.488 e. The van der Waals surface area contributed by atoms with Gasteiger partial charge < -0.3 is 14.4 Å². The molecule has 1 aliphatic heterocycles. The first-order valence-corrected chi connectivity index (χ1v) is 16.4. The number of nitrogens with zero attached hydrogens (tertiary/aromatic N) is 5. The third-order valence-corrected chi connectivity index (χ3v) is 8.95. The van der Waals surface area contributed by atoms with Gasteiger partial charge in [0.15, 0.2) is 0 Å². The van der Waals surface area contributed by atoms with Crippen LogP contribution in [0.2, 0.25) is 0 Å². The summed E-state index contributed by atoms with van der Waals surface area (Å²) in [5.41, 5.74) is 3.28. The highest BCUT2D eigenvalue weighted by molar-refractivity contribution is 14.2. The molecule has 3 fully saturated rings. The zero-order chi connectivity index (χ0) is 24.8. The van der Waals surface area contributed by atoms with E-state index in [2.05, 4.69) is 51.1 Å². The smallest absolute Gasteiger partial charge is 0.290 e. The molecule has 2 aromatic heterocycles. The predicted octanol–water partition coefficient (Wildman–Crippen LogP) is 5.16. The van der Waals surface area contributed by atoms with Gasteiger partial charge in [-0.15, -0.1) is 0 Å². The summed E-state index contributed by atoms with van der Waals surface area (Å²) in [6, 6.07) is 8.09. The van der Waals surface area contributed by atoms with Gasteiger partial charge in [-0.25, -0.2) is 9.13 Å². The van der Waals surface area contributed by atoms with Crippen molar-refractivity contribution in [1.82, 2.24) is 19.3 Å². The van der Waals surface area contributed by atoms with Crippen LogP contribution in [0.3, 0.4) is 0 Å². The van der Waals surface area contributed by atoms with Gasteiger partial charge in [0, 0.05) is 30.9 Å². The van der Waals surface area contributed by atoms with Crippen molar-refractivity contribution in [2.75, 3.05) is 31.2 Å². The molecular weight excluding hydrogens is 576 g/mol. The summed E-state index contributed by atoms with van der Waals surface area (Å²) in [6.45, 7) is 9.13. The monoisotopic (exact) mass is 609 g/mol. The van der Waals surface area contributed by atoms with Gasteiger partial charge in [0.2, 0.25) is 0 Å². The Bertz CT molecular complexity index is 1300. The third kappa shape index (κ3) is 4.96. The normalized spacial score (nSPS) is 20.1. The van der Waals surface area contributed by atoms with Crippen molar-refractivity contribution in [3.05, 3.63) is 34.6 Å². The molecule has 0 amide bonds. The van der Waals surface area contributed by atoms with Crippen molar-refractivity contribution in [1.29, 1.82) is 0 Å². The van der Waals surface area contributed by atoms with Gasteiger partial charge in [-0.2, -0.15) is 10.2 Å². The number of anilines is 1. The summed E-state index contributed by atoms with van der Waals surface area (Å²) < 4.78 is 15.5. The van der Waals surface area contributed by atoms with E-state index in [0.29, 0.717) is 30.9 Å². The fourth-order valence-corrected chi connectivity index (χ4v) is 6.12. The minimum absolute atomic E-state index is 0.0511. The number of benzene rings is 1. The molecule has 2 saturated carbocycles. The lowest BCUT2D eigenvalue weighted by molar-refractivity contribution is 0.116. The van der Waals surface area contributed by atoms with Crippen LogP contribution in [0.5, 0.6) is 5.75 Å². The second-order valence-corrected chi connectivity index (χ2v) is 11.9. The van der Waals surface area contributed by atoms with Crippen LogP contribution in [0, 0.1) is 5.41 Å². The zero-order valence-corrected chi connectivity index (χ0v) is 24.0. The van der Waals surface area contributed by atoms with Gasteiger partial charge in [-0.3, -0.25) is 4.79 Å². The van der Waals surface area contributed by atoms with E-state index in [4.69, 9.17) is 14.6 Å². The summed E-state index contributed by atoms with van der Waals surface area (Å²) in [5.74, 6) is 0.852. The molecule has 2 aliphatic carbocycles. The molecule has 1 saturated heterocycles. The molecule has 0 bridgehead atoms. The van der Waals surface area contributed by atoms with Gasteiger partial charge in [-0.1, -0.05) is 13.8 Å². The molecule has 1 aromatic carbocycles. The Kier molecular flexibility index (Phi) is 6.87. The first kappa shape index (κ1) is 25.0. The van der Waals surface area contributed by atoms with Crippen LogP contribution >= 0.6 is 28.4 Å². The lowest BCUT2D eigenvalue weighted by atomic mass is 10.1. The molecule has 3 aromatic rings. The Labute approximate surface area is 220 Å². The number of aromatic nitrogens is 4.